The molecule has 0 amide bonds. The molecule has 19 heavy (non-hydrogen) atoms. The van der Waals surface area contributed by atoms with E-state index in [4.69, 9.17) is 5.11 Å². The van der Waals surface area contributed by atoms with Gasteiger partial charge in [-0.15, -0.1) is 0 Å². The van der Waals surface area contributed by atoms with Crippen molar-refractivity contribution in [2.75, 3.05) is 6.61 Å². The van der Waals surface area contributed by atoms with E-state index < -0.39 is 25.5 Å². The van der Waals surface area contributed by atoms with Crippen molar-refractivity contribution in [3.8, 4) is 5.75 Å². The van der Waals surface area contributed by atoms with Gasteiger partial charge in [0.25, 0.3) is 5.69 Å². The van der Waals surface area contributed by atoms with E-state index in [1.54, 1.807) is 0 Å². The Kier molecular flexibility index (Phi) is 7.76. The van der Waals surface area contributed by atoms with Gasteiger partial charge in [0.05, 0.1) is 17.6 Å². The number of phosphoric acid groups is 1. The smallest absolute Gasteiger partial charge is 0.746 e. The van der Waals surface area contributed by atoms with Crippen LogP contribution in [0.4, 0.5) is 5.69 Å². The molecule has 0 aromatic heterocycles. The molecular formula is C9H11NNaO7P. The van der Waals surface area contributed by atoms with Gasteiger partial charge in [0.1, 0.15) is 5.75 Å². The molecule has 100 valence electrons. The van der Waals surface area contributed by atoms with Crippen LogP contribution in [0.15, 0.2) is 24.3 Å². The van der Waals surface area contributed by atoms with Crippen LogP contribution in [0, 0.1) is 10.1 Å². The summed E-state index contributed by atoms with van der Waals surface area (Å²) in [4.78, 5) is 21.0. The zero-order valence-electron chi connectivity index (χ0n) is 10.4. The van der Waals surface area contributed by atoms with Crippen molar-refractivity contribution in [3.63, 3.8) is 0 Å². The number of nitro benzene ring substituents is 1. The molecule has 1 rings (SSSR count). The van der Waals surface area contributed by atoms with Crippen molar-refractivity contribution >= 4 is 13.5 Å². The van der Waals surface area contributed by atoms with Crippen LogP contribution in [-0.4, -0.2) is 22.7 Å². The van der Waals surface area contributed by atoms with Gasteiger partial charge in [-0.2, -0.15) is 0 Å². The maximum absolute atomic E-state index is 11.3. The predicted octanol–water partition coefficient (Wildman–Crippen LogP) is -2.16. The fourth-order valence-electron chi connectivity index (χ4n) is 0.983. The summed E-state index contributed by atoms with van der Waals surface area (Å²) in [5.41, 5.74) is -0.187. The van der Waals surface area contributed by atoms with Gasteiger partial charge in [0.15, 0.2) is 0 Å². The summed E-state index contributed by atoms with van der Waals surface area (Å²) in [6.45, 7) is 0.930. The van der Waals surface area contributed by atoms with E-state index in [1.807, 2.05) is 0 Å². The first-order valence-electron chi connectivity index (χ1n) is 4.88. The molecule has 0 aliphatic heterocycles. The van der Waals surface area contributed by atoms with E-state index in [1.165, 1.54) is 6.92 Å². The second-order valence-corrected chi connectivity index (χ2v) is 4.77. The summed E-state index contributed by atoms with van der Waals surface area (Å²) in [6, 6.07) is 4.47. The normalized spacial score (nSPS) is 14.9. The van der Waals surface area contributed by atoms with Crippen LogP contribution >= 0.6 is 7.82 Å². The minimum absolute atomic E-state index is 0. The maximum atomic E-state index is 11.3. The minimum Gasteiger partial charge on any atom is -0.746 e. The molecule has 0 heterocycles. The number of nitro groups is 1. The molecule has 1 aromatic rings. The van der Waals surface area contributed by atoms with Gasteiger partial charge in [0.2, 0.25) is 0 Å². The van der Waals surface area contributed by atoms with Crippen molar-refractivity contribution in [1.82, 2.24) is 0 Å². The third-order valence-corrected chi connectivity index (χ3v) is 2.64. The van der Waals surface area contributed by atoms with Crippen LogP contribution in [0.25, 0.3) is 0 Å². The Hall–Kier alpha value is -0.470. The van der Waals surface area contributed by atoms with Crippen molar-refractivity contribution < 1.29 is 58.1 Å². The third-order valence-electron chi connectivity index (χ3n) is 1.74. The van der Waals surface area contributed by atoms with Gasteiger partial charge in [-0.3, -0.25) is 14.7 Å². The van der Waals surface area contributed by atoms with Gasteiger partial charge in [-0.05, 0) is 19.1 Å². The third kappa shape index (κ3) is 7.03. The summed E-state index contributed by atoms with van der Waals surface area (Å²) in [6.07, 6.45) is -0.951. The fraction of sp³-hybridized carbons (Fsp3) is 0.333. The molecular weight excluding hydrogens is 288 g/mol. The molecule has 0 aliphatic carbocycles. The van der Waals surface area contributed by atoms with E-state index in [2.05, 4.69) is 9.05 Å². The predicted molar refractivity (Wildman–Crippen MR) is 59.0 cm³/mol. The second kappa shape index (κ2) is 7.96. The summed E-state index contributed by atoms with van der Waals surface area (Å²) < 4.78 is 20.2. The molecule has 0 radical (unpaired) electrons. The molecule has 0 spiro atoms. The first-order valence-corrected chi connectivity index (χ1v) is 6.34. The van der Waals surface area contributed by atoms with E-state index in [9.17, 15) is 19.6 Å². The van der Waals surface area contributed by atoms with Gasteiger partial charge < -0.3 is 19.0 Å². The van der Waals surface area contributed by atoms with Crippen molar-refractivity contribution in [3.05, 3.63) is 34.4 Å². The number of hydrogen-bond donors (Lipinski definition) is 1. The summed E-state index contributed by atoms with van der Waals surface area (Å²) in [5.74, 6) is -0.107. The monoisotopic (exact) mass is 299 g/mol. The van der Waals surface area contributed by atoms with Crippen LogP contribution < -0.4 is 39.0 Å². The van der Waals surface area contributed by atoms with E-state index in [0.29, 0.717) is 0 Å². The van der Waals surface area contributed by atoms with Gasteiger partial charge in [-0.1, -0.05) is 0 Å². The van der Waals surface area contributed by atoms with Gasteiger partial charge in [-0.25, -0.2) is 0 Å². The van der Waals surface area contributed by atoms with Crippen molar-refractivity contribution in [1.29, 1.82) is 0 Å². The van der Waals surface area contributed by atoms with E-state index in [0.717, 1.165) is 24.3 Å². The summed E-state index contributed by atoms with van der Waals surface area (Å²) in [7, 11) is -4.59. The van der Waals surface area contributed by atoms with Crippen molar-refractivity contribution in [2.45, 2.75) is 13.0 Å². The van der Waals surface area contributed by atoms with Crippen LogP contribution in [0.3, 0.4) is 0 Å². The van der Waals surface area contributed by atoms with Crippen LogP contribution in [0.1, 0.15) is 6.92 Å². The molecule has 1 aromatic carbocycles. The quantitative estimate of drug-likeness (QED) is 0.275. The molecule has 0 saturated heterocycles. The molecule has 0 aliphatic rings. The first kappa shape index (κ1) is 18.5. The number of benzene rings is 1. The molecule has 2 unspecified atom stereocenters. The number of rotatable bonds is 6. The number of nitrogens with zero attached hydrogens (tertiary/aromatic N) is 1. The van der Waals surface area contributed by atoms with Crippen LogP contribution in [0.2, 0.25) is 0 Å². The van der Waals surface area contributed by atoms with Gasteiger partial charge >= 0.3 is 37.4 Å². The molecule has 8 nitrogen and oxygen atoms in total. The Morgan fingerprint density at radius 2 is 1.95 bits per heavy atom. The number of hydrogen-bond acceptors (Lipinski definition) is 7. The zero-order chi connectivity index (χ0) is 13.8. The molecule has 2 atom stereocenters. The number of phosphoric ester groups is 1. The summed E-state index contributed by atoms with van der Waals surface area (Å²) in [5, 5.41) is 19.2. The van der Waals surface area contributed by atoms with Crippen molar-refractivity contribution in [2.24, 2.45) is 0 Å². The number of aliphatic hydroxyl groups is 1. The first-order chi connectivity index (χ1) is 8.30. The number of non-ortho nitro benzene ring substituents is 1. The zero-order valence-corrected chi connectivity index (χ0v) is 13.3. The van der Waals surface area contributed by atoms with E-state index >= 15 is 0 Å². The summed E-state index contributed by atoms with van der Waals surface area (Å²) >= 11 is 0. The fourth-order valence-corrected chi connectivity index (χ4v) is 1.81. The molecule has 10 heteroatoms. The molecule has 0 fully saturated rings. The molecule has 0 saturated carbocycles. The minimum atomic E-state index is -4.59. The van der Waals surface area contributed by atoms with Crippen LogP contribution in [0.5, 0.6) is 5.75 Å². The largest absolute Gasteiger partial charge is 1.00 e. The van der Waals surface area contributed by atoms with E-state index in [-0.39, 0.29) is 41.0 Å². The Morgan fingerprint density at radius 1 is 1.42 bits per heavy atom. The van der Waals surface area contributed by atoms with Crippen LogP contribution in [-0.2, 0) is 9.09 Å². The molecule has 1 N–H and O–H groups in total. The Balaban J connectivity index is 0.00000324. The number of aliphatic hydroxyl groups excluding tert-OH is 1. The average molecular weight is 299 g/mol. The van der Waals surface area contributed by atoms with Gasteiger partial charge in [0, 0.05) is 12.1 Å². The Morgan fingerprint density at radius 3 is 2.37 bits per heavy atom. The standard InChI is InChI=1S/C9H12NO7P.Na/c1-7(11)6-16-18(14,15)17-9-4-2-8(3-5-9)10(12)13;/h2-5,7,11H,6H2,1H3,(H,14,15);/q;+1/p-1. The Labute approximate surface area is 131 Å². The average Bonchev–Trinajstić information content (AvgIpc) is 2.27. The molecule has 0 bridgehead atoms. The Bertz CT molecular complexity index is 464. The topological polar surface area (TPSA) is 122 Å². The maximum Gasteiger partial charge on any atom is 1.00 e. The SMILES string of the molecule is CC(O)COP(=O)([O-])Oc1ccc([N+](=O)[O-])cc1.[Na+]. The second-order valence-electron chi connectivity index (χ2n) is 3.43.